The van der Waals surface area contributed by atoms with Crippen molar-refractivity contribution in [2.24, 2.45) is 0 Å². The third-order valence-electron chi connectivity index (χ3n) is 1.27. The molecule has 52 valence electrons. The first kappa shape index (κ1) is 7.02. The molecule has 0 amide bonds. The van der Waals surface area contributed by atoms with Gasteiger partial charge < -0.3 is 9.90 Å². The van der Waals surface area contributed by atoms with Gasteiger partial charge in [0.15, 0.2) is 0 Å². The van der Waals surface area contributed by atoms with Crippen molar-refractivity contribution in [3.05, 3.63) is 29.8 Å². The SMILES string of the molecule is O=C([SiH3])c1ccc(O)cc1. The van der Waals surface area contributed by atoms with E-state index in [1.165, 1.54) is 12.1 Å². The third kappa shape index (κ3) is 1.45. The van der Waals surface area contributed by atoms with Crippen LogP contribution in [0.25, 0.3) is 0 Å². The number of carbonyl (C=O) groups excluding carboxylic acids is 1. The Hall–Kier alpha value is -1.09. The van der Waals surface area contributed by atoms with E-state index in [2.05, 4.69) is 0 Å². The van der Waals surface area contributed by atoms with E-state index in [1.807, 2.05) is 0 Å². The van der Waals surface area contributed by atoms with E-state index in [-0.39, 0.29) is 11.2 Å². The molecule has 0 radical (unpaired) electrons. The van der Waals surface area contributed by atoms with E-state index in [0.717, 1.165) is 0 Å². The molecule has 0 atom stereocenters. The van der Waals surface area contributed by atoms with Crippen LogP contribution in [0.5, 0.6) is 5.75 Å². The second-order valence-corrected chi connectivity index (χ2v) is 3.01. The Morgan fingerprint density at radius 3 is 2.20 bits per heavy atom. The predicted molar refractivity (Wildman–Crippen MR) is 42.4 cm³/mol. The molecule has 2 nitrogen and oxygen atoms in total. The number of carbonyl (C=O) groups is 1. The molecule has 10 heavy (non-hydrogen) atoms. The minimum Gasteiger partial charge on any atom is -0.508 e. The molecule has 0 aliphatic rings. The molecule has 0 heterocycles. The van der Waals surface area contributed by atoms with Crippen LogP contribution in [0.2, 0.25) is 0 Å². The van der Waals surface area contributed by atoms with Crippen LogP contribution in [0, 0.1) is 0 Å². The second kappa shape index (κ2) is 2.66. The largest absolute Gasteiger partial charge is 0.508 e. The Kier molecular flexibility index (Phi) is 1.87. The third-order valence-corrected chi connectivity index (χ3v) is 1.85. The van der Waals surface area contributed by atoms with E-state index in [9.17, 15) is 4.79 Å². The highest BCUT2D eigenvalue weighted by molar-refractivity contribution is 6.62. The molecule has 0 spiro atoms. The van der Waals surface area contributed by atoms with Gasteiger partial charge >= 0.3 is 0 Å². The molecule has 0 fully saturated rings. The van der Waals surface area contributed by atoms with Crippen molar-refractivity contribution in [1.82, 2.24) is 0 Å². The van der Waals surface area contributed by atoms with Crippen LogP contribution in [-0.2, 0) is 0 Å². The van der Waals surface area contributed by atoms with Crippen molar-refractivity contribution in [2.45, 2.75) is 0 Å². The lowest BCUT2D eigenvalue weighted by Gasteiger charge is -1.93. The minimum atomic E-state index is 0.153. The molecule has 0 saturated heterocycles. The van der Waals surface area contributed by atoms with Gasteiger partial charge in [-0.1, -0.05) is 0 Å². The average Bonchev–Trinajstić information content (AvgIpc) is 1.88. The summed E-state index contributed by atoms with van der Waals surface area (Å²) in [6.45, 7) is 0. The lowest BCUT2D eigenvalue weighted by Crippen LogP contribution is -1.95. The summed E-state index contributed by atoms with van der Waals surface area (Å²) in [7, 11) is 0.534. The summed E-state index contributed by atoms with van der Waals surface area (Å²) >= 11 is 0. The van der Waals surface area contributed by atoms with Gasteiger partial charge in [0, 0.05) is 5.56 Å². The normalized spacial score (nSPS) is 9.60. The van der Waals surface area contributed by atoms with Gasteiger partial charge in [-0.3, -0.25) is 0 Å². The van der Waals surface area contributed by atoms with Crippen molar-refractivity contribution < 1.29 is 9.90 Å². The van der Waals surface area contributed by atoms with Gasteiger partial charge in [0.25, 0.3) is 0 Å². The Balaban J connectivity index is 3.00. The number of hydrogen-bond donors (Lipinski definition) is 1. The van der Waals surface area contributed by atoms with Gasteiger partial charge in [0.2, 0.25) is 0 Å². The quantitative estimate of drug-likeness (QED) is 0.570. The lowest BCUT2D eigenvalue weighted by atomic mass is 10.2. The Labute approximate surface area is 61.9 Å². The Bertz CT molecular complexity index is 240. The van der Waals surface area contributed by atoms with Crippen LogP contribution in [0.15, 0.2) is 24.3 Å². The molecule has 1 aromatic carbocycles. The fraction of sp³-hybridized carbons (Fsp3) is 0. The van der Waals surface area contributed by atoms with Gasteiger partial charge in [0.05, 0.1) is 10.2 Å². The molecular weight excluding hydrogens is 144 g/mol. The summed E-state index contributed by atoms with van der Waals surface area (Å²) in [6.07, 6.45) is 0. The van der Waals surface area contributed by atoms with E-state index in [4.69, 9.17) is 5.11 Å². The summed E-state index contributed by atoms with van der Waals surface area (Å²) in [6, 6.07) is 6.30. The zero-order valence-corrected chi connectivity index (χ0v) is 7.66. The number of hydrogen-bond acceptors (Lipinski definition) is 2. The fourth-order valence-corrected chi connectivity index (χ4v) is 1.03. The molecule has 1 N–H and O–H groups in total. The van der Waals surface area contributed by atoms with Crippen LogP contribution in [0.3, 0.4) is 0 Å². The Morgan fingerprint density at radius 1 is 1.30 bits per heavy atom. The predicted octanol–water partition coefficient (Wildman–Crippen LogP) is -0.102. The molecule has 0 aliphatic heterocycles. The van der Waals surface area contributed by atoms with E-state index in [0.29, 0.717) is 15.8 Å². The highest BCUT2D eigenvalue weighted by atomic mass is 28.1. The topological polar surface area (TPSA) is 37.3 Å². The van der Waals surface area contributed by atoms with Gasteiger partial charge in [-0.2, -0.15) is 0 Å². The summed E-state index contributed by atoms with van der Waals surface area (Å²) in [4.78, 5) is 10.7. The molecule has 3 heteroatoms. The molecule has 1 aromatic rings. The molecule has 1 rings (SSSR count). The highest BCUT2D eigenvalue weighted by Gasteiger charge is 1.95. The van der Waals surface area contributed by atoms with Crippen LogP contribution in [0.4, 0.5) is 0 Å². The molecule has 0 saturated carbocycles. The molecular formula is C7H8O2Si. The Morgan fingerprint density at radius 2 is 1.80 bits per heavy atom. The first-order valence-electron chi connectivity index (χ1n) is 3.00. The van der Waals surface area contributed by atoms with Crippen LogP contribution < -0.4 is 0 Å². The number of phenolic OH excluding ortho intramolecular Hbond substituents is 1. The molecule has 0 aromatic heterocycles. The van der Waals surface area contributed by atoms with Crippen molar-refractivity contribution in [3.8, 4) is 5.75 Å². The maximum atomic E-state index is 10.7. The summed E-state index contributed by atoms with van der Waals surface area (Å²) in [5.41, 5.74) is 0.685. The van der Waals surface area contributed by atoms with Crippen molar-refractivity contribution in [3.63, 3.8) is 0 Å². The number of rotatable bonds is 1. The first-order valence-corrected chi connectivity index (χ1v) is 4.00. The van der Waals surface area contributed by atoms with Gasteiger partial charge in [-0.05, 0) is 24.3 Å². The number of aromatic hydroxyl groups is 1. The van der Waals surface area contributed by atoms with Gasteiger partial charge in [0.1, 0.15) is 11.2 Å². The first-order chi connectivity index (χ1) is 4.70. The second-order valence-electron chi connectivity index (χ2n) is 2.10. The zero-order chi connectivity index (χ0) is 7.56. The molecule has 0 unspecified atom stereocenters. The van der Waals surface area contributed by atoms with Crippen molar-refractivity contribution in [1.29, 1.82) is 0 Å². The highest BCUT2D eigenvalue weighted by Crippen LogP contribution is 2.08. The van der Waals surface area contributed by atoms with Gasteiger partial charge in [-0.25, -0.2) is 0 Å². The van der Waals surface area contributed by atoms with Crippen LogP contribution >= 0.6 is 0 Å². The molecule has 0 bridgehead atoms. The zero-order valence-electron chi connectivity index (χ0n) is 5.66. The number of benzene rings is 1. The van der Waals surface area contributed by atoms with E-state index < -0.39 is 0 Å². The summed E-state index contributed by atoms with van der Waals surface area (Å²) in [5.74, 6) is 0.201. The smallest absolute Gasteiger partial charge is 0.129 e. The fourth-order valence-electron chi connectivity index (χ4n) is 0.696. The van der Waals surface area contributed by atoms with Gasteiger partial charge in [-0.15, -0.1) is 0 Å². The van der Waals surface area contributed by atoms with Crippen molar-refractivity contribution in [2.75, 3.05) is 0 Å². The maximum absolute atomic E-state index is 10.7. The summed E-state index contributed by atoms with van der Waals surface area (Å²) in [5, 5.41) is 8.99. The van der Waals surface area contributed by atoms with E-state index in [1.54, 1.807) is 12.1 Å². The van der Waals surface area contributed by atoms with Crippen molar-refractivity contribution >= 4 is 15.6 Å². The van der Waals surface area contributed by atoms with Crippen LogP contribution in [0.1, 0.15) is 10.4 Å². The lowest BCUT2D eigenvalue weighted by molar-refractivity contribution is 0.108. The maximum Gasteiger partial charge on any atom is 0.129 e. The molecule has 0 aliphatic carbocycles. The van der Waals surface area contributed by atoms with E-state index >= 15 is 0 Å². The monoisotopic (exact) mass is 152 g/mol. The van der Waals surface area contributed by atoms with Crippen LogP contribution in [-0.4, -0.2) is 20.8 Å². The minimum absolute atomic E-state index is 0.153. The summed E-state index contributed by atoms with van der Waals surface area (Å²) < 4.78 is 0. The average molecular weight is 152 g/mol. The number of phenols is 1. The standard InChI is InChI=1S/C7H8O2Si/c8-6-3-1-5(2-4-6)7(9)10/h1-4,8H,10H3.